The maximum Gasteiger partial charge on any atom is 0.356 e. The molecular formula is C29H43IO6P2. The highest BCUT2D eigenvalue weighted by Gasteiger charge is 2.23. The van der Waals surface area contributed by atoms with E-state index in [1.54, 1.807) is 24.3 Å². The molecule has 0 aliphatic rings. The Balaban J connectivity index is 0.000000415. The summed E-state index contributed by atoms with van der Waals surface area (Å²) in [5, 5.41) is 0.207. The topological polar surface area (TPSA) is 115 Å². The molecule has 38 heavy (non-hydrogen) atoms. The number of aryl methyl sites for hydroxylation is 1. The first-order valence-electron chi connectivity index (χ1n) is 13.5. The summed E-state index contributed by atoms with van der Waals surface area (Å²) in [6.45, 7) is 6.19. The van der Waals surface area contributed by atoms with Crippen LogP contribution < -0.4 is 10.6 Å². The largest absolute Gasteiger partial charge is 0.356 e. The van der Waals surface area contributed by atoms with E-state index >= 15 is 0 Å². The van der Waals surface area contributed by atoms with Crippen LogP contribution in [0.3, 0.4) is 0 Å². The molecule has 0 radical (unpaired) electrons. The Morgan fingerprint density at radius 1 is 0.763 bits per heavy atom. The Labute approximate surface area is 242 Å². The summed E-state index contributed by atoms with van der Waals surface area (Å²) in [6.07, 6.45) is 14.0. The molecule has 0 aliphatic heterocycles. The number of benzene rings is 2. The molecule has 2 rings (SSSR count). The van der Waals surface area contributed by atoms with Gasteiger partial charge in [-0.2, -0.15) is 0 Å². The van der Waals surface area contributed by atoms with Crippen molar-refractivity contribution in [2.75, 3.05) is 0 Å². The molecule has 4 N–H and O–H groups in total. The third-order valence-electron chi connectivity index (χ3n) is 6.17. The highest BCUT2D eigenvalue weighted by atomic mass is 127. The van der Waals surface area contributed by atoms with Crippen LogP contribution in [0.2, 0.25) is 0 Å². The molecule has 0 saturated heterocycles. The van der Waals surface area contributed by atoms with Crippen molar-refractivity contribution in [3.8, 4) is 11.8 Å². The molecule has 0 aliphatic carbocycles. The molecule has 0 saturated carbocycles. The van der Waals surface area contributed by atoms with E-state index in [-0.39, 0.29) is 10.6 Å². The lowest BCUT2D eigenvalue weighted by atomic mass is 10.1. The SMILES string of the molecule is CCCCCCCCCCCC#Cc1cccc(P(=O)(O)O)c1.CCc1ccc(P(=O)(O)O)c(CC)c1I. The maximum atomic E-state index is 11.3. The van der Waals surface area contributed by atoms with Crippen LogP contribution >= 0.6 is 37.8 Å². The molecule has 0 unspecified atom stereocenters. The van der Waals surface area contributed by atoms with Gasteiger partial charge in [0.25, 0.3) is 0 Å². The van der Waals surface area contributed by atoms with Crippen molar-refractivity contribution in [3.05, 3.63) is 56.7 Å². The summed E-state index contributed by atoms with van der Waals surface area (Å²) >= 11 is 2.16. The van der Waals surface area contributed by atoms with Crippen molar-refractivity contribution in [2.45, 2.75) is 97.8 Å². The van der Waals surface area contributed by atoms with Gasteiger partial charge >= 0.3 is 15.2 Å². The lowest BCUT2D eigenvalue weighted by Crippen LogP contribution is -2.13. The van der Waals surface area contributed by atoms with Crippen LogP contribution in [0.15, 0.2) is 36.4 Å². The summed E-state index contributed by atoms with van der Waals surface area (Å²) in [4.78, 5) is 36.7. The van der Waals surface area contributed by atoms with E-state index in [0.717, 1.165) is 34.0 Å². The zero-order valence-corrected chi connectivity index (χ0v) is 26.8. The third-order valence-corrected chi connectivity index (χ3v) is 9.51. The number of rotatable bonds is 13. The molecule has 6 nitrogen and oxygen atoms in total. The molecule has 0 aromatic heterocycles. The molecule has 9 heteroatoms. The number of unbranched alkanes of at least 4 members (excludes halogenated alkanes) is 9. The molecule has 212 valence electrons. The van der Waals surface area contributed by atoms with Crippen molar-refractivity contribution in [1.29, 1.82) is 0 Å². The van der Waals surface area contributed by atoms with Gasteiger partial charge in [-0.05, 0) is 77.2 Å². The van der Waals surface area contributed by atoms with Crippen molar-refractivity contribution in [1.82, 2.24) is 0 Å². The highest BCUT2D eigenvalue weighted by Crippen LogP contribution is 2.36. The molecule has 0 spiro atoms. The van der Waals surface area contributed by atoms with Gasteiger partial charge in [0, 0.05) is 15.6 Å². The second-order valence-corrected chi connectivity index (χ2v) is 13.5. The van der Waals surface area contributed by atoms with E-state index in [9.17, 15) is 18.9 Å². The third kappa shape index (κ3) is 13.4. The summed E-state index contributed by atoms with van der Waals surface area (Å²) in [7, 11) is -8.32. The smallest absolute Gasteiger partial charge is 0.321 e. The average molecular weight is 677 g/mol. The van der Waals surface area contributed by atoms with Gasteiger partial charge in [0.2, 0.25) is 0 Å². The maximum absolute atomic E-state index is 11.3. The van der Waals surface area contributed by atoms with Crippen molar-refractivity contribution in [3.63, 3.8) is 0 Å². The first-order valence-corrected chi connectivity index (χ1v) is 17.8. The summed E-state index contributed by atoms with van der Waals surface area (Å²) in [5.41, 5.74) is 2.59. The van der Waals surface area contributed by atoms with E-state index in [1.807, 2.05) is 13.8 Å². The summed E-state index contributed by atoms with van der Waals surface area (Å²) < 4.78 is 23.4. The van der Waals surface area contributed by atoms with Crippen molar-refractivity contribution < 1.29 is 28.7 Å². The second kappa shape index (κ2) is 18.4. The van der Waals surface area contributed by atoms with Gasteiger partial charge in [-0.25, -0.2) is 0 Å². The fourth-order valence-corrected chi connectivity index (χ4v) is 6.92. The Morgan fingerprint density at radius 3 is 1.89 bits per heavy atom. The highest BCUT2D eigenvalue weighted by molar-refractivity contribution is 14.1. The first kappa shape index (κ1) is 35.1. The fraction of sp³-hybridized carbons (Fsp3) is 0.517. The molecule has 2 aromatic rings. The Bertz CT molecular complexity index is 1140. The van der Waals surface area contributed by atoms with E-state index in [4.69, 9.17) is 9.79 Å². The van der Waals surface area contributed by atoms with Gasteiger partial charge in [-0.15, -0.1) is 0 Å². The van der Waals surface area contributed by atoms with Crippen molar-refractivity contribution >= 4 is 48.4 Å². The average Bonchev–Trinajstić information content (AvgIpc) is 2.86. The Hall–Kier alpha value is -0.970. The van der Waals surface area contributed by atoms with Crippen LogP contribution in [0.1, 0.15) is 102 Å². The summed E-state index contributed by atoms with van der Waals surface area (Å²) in [5.74, 6) is 6.09. The predicted octanol–water partition coefficient (Wildman–Crippen LogP) is 6.98. The zero-order valence-electron chi connectivity index (χ0n) is 22.8. The molecule has 0 heterocycles. The van der Waals surface area contributed by atoms with E-state index in [1.165, 1.54) is 63.5 Å². The van der Waals surface area contributed by atoms with Gasteiger partial charge in [-0.1, -0.05) is 96.1 Å². The minimum Gasteiger partial charge on any atom is -0.321 e. The summed E-state index contributed by atoms with van der Waals surface area (Å²) in [6, 6.07) is 9.69. The predicted molar refractivity (Wildman–Crippen MR) is 166 cm³/mol. The minimum atomic E-state index is -4.18. The molecule has 0 bridgehead atoms. The minimum absolute atomic E-state index is 0.0346. The normalized spacial score (nSPS) is 11.4. The Morgan fingerprint density at radius 2 is 1.37 bits per heavy atom. The number of halogens is 1. The lowest BCUT2D eigenvalue weighted by molar-refractivity contribution is 0.385. The molecule has 0 fully saturated rings. The van der Waals surface area contributed by atoms with Gasteiger partial charge in [0.1, 0.15) is 0 Å². The quantitative estimate of drug-likeness (QED) is 0.0788. The van der Waals surface area contributed by atoms with Gasteiger partial charge in [0.15, 0.2) is 0 Å². The van der Waals surface area contributed by atoms with Gasteiger partial charge < -0.3 is 19.6 Å². The van der Waals surface area contributed by atoms with Gasteiger partial charge in [0.05, 0.1) is 10.6 Å². The van der Waals surface area contributed by atoms with E-state index < -0.39 is 15.2 Å². The first-order chi connectivity index (χ1) is 18.0. The monoisotopic (exact) mass is 676 g/mol. The molecular weight excluding hydrogens is 633 g/mol. The van der Waals surface area contributed by atoms with Crippen LogP contribution in [-0.4, -0.2) is 19.6 Å². The Kier molecular flexibility index (Phi) is 17.0. The van der Waals surface area contributed by atoms with Crippen LogP contribution in [0.4, 0.5) is 0 Å². The fourth-order valence-electron chi connectivity index (χ4n) is 4.00. The van der Waals surface area contributed by atoms with Crippen LogP contribution in [0.5, 0.6) is 0 Å². The molecule has 2 aromatic carbocycles. The standard InChI is InChI=1S/C19H29O3P.C10H14IO3P/c1-2-3-4-5-6-7-8-9-10-11-12-14-18-15-13-16-19(17-18)23(20,21)22;1-3-7-5-6-9(15(12,13)14)8(4-2)10(7)11/h13,15-17H,2-11H2,1H3,(H2,20,21,22);5-6H,3-4H2,1-2H3,(H2,12,13,14). The lowest BCUT2D eigenvalue weighted by Gasteiger charge is -2.14. The second-order valence-electron chi connectivity index (χ2n) is 9.26. The van der Waals surface area contributed by atoms with E-state index in [0.29, 0.717) is 12.0 Å². The zero-order chi connectivity index (χ0) is 28.6. The van der Waals surface area contributed by atoms with E-state index in [2.05, 4.69) is 41.4 Å². The van der Waals surface area contributed by atoms with Crippen LogP contribution in [0.25, 0.3) is 0 Å². The van der Waals surface area contributed by atoms with Gasteiger partial charge in [-0.3, -0.25) is 9.13 Å². The van der Waals surface area contributed by atoms with Crippen molar-refractivity contribution in [2.24, 2.45) is 0 Å². The van der Waals surface area contributed by atoms with Crippen LogP contribution in [0, 0.1) is 15.4 Å². The van der Waals surface area contributed by atoms with Crippen LogP contribution in [-0.2, 0) is 22.0 Å². The number of hydrogen-bond donors (Lipinski definition) is 4. The number of hydrogen-bond acceptors (Lipinski definition) is 2. The molecule has 0 atom stereocenters. The molecule has 0 amide bonds.